The van der Waals surface area contributed by atoms with E-state index in [1.54, 1.807) is 30.3 Å². The van der Waals surface area contributed by atoms with Gasteiger partial charge in [0.1, 0.15) is 11.5 Å². The van der Waals surface area contributed by atoms with Crippen LogP contribution in [0.1, 0.15) is 5.76 Å². The first-order valence-corrected chi connectivity index (χ1v) is 10.4. The smallest absolute Gasteiger partial charge is 0.282 e. The van der Waals surface area contributed by atoms with Crippen LogP contribution >= 0.6 is 23.4 Å². The van der Waals surface area contributed by atoms with Crippen LogP contribution in [0.4, 0.5) is 5.69 Å². The van der Waals surface area contributed by atoms with Crippen molar-refractivity contribution in [2.45, 2.75) is 11.7 Å². The number of nitrogens with one attached hydrogen (secondary N) is 1. The van der Waals surface area contributed by atoms with Crippen molar-refractivity contribution in [3.8, 4) is 5.75 Å². The van der Waals surface area contributed by atoms with E-state index in [-0.39, 0.29) is 34.9 Å². The fourth-order valence-electron chi connectivity index (χ4n) is 2.81. The maximum atomic E-state index is 12.9. The standard InChI is InChI=1S/C20H16ClN5O4S/c1-29-15-5-4-12(9-14(15)21)24-16(27)11-31-20-25-18-17(22-6-7-23-18)19(28)26(20)10-13-3-2-8-30-13/h2-9H,10-11H2,1H3,(H,24,27). The number of ether oxygens (including phenoxy) is 1. The molecule has 11 heteroatoms. The van der Waals surface area contributed by atoms with E-state index in [4.69, 9.17) is 20.8 Å². The molecule has 4 rings (SSSR count). The number of hydrogen-bond acceptors (Lipinski definition) is 8. The van der Waals surface area contributed by atoms with E-state index in [1.807, 2.05) is 0 Å². The lowest BCUT2D eigenvalue weighted by atomic mass is 10.3. The van der Waals surface area contributed by atoms with Gasteiger partial charge in [0.05, 0.1) is 30.7 Å². The average molecular weight is 458 g/mol. The molecule has 158 valence electrons. The SMILES string of the molecule is COc1ccc(NC(=O)CSc2nc3nccnc3c(=O)n2Cc2ccco2)cc1Cl. The Morgan fingerprint density at radius 2 is 2.13 bits per heavy atom. The number of hydrogen-bond donors (Lipinski definition) is 1. The summed E-state index contributed by atoms with van der Waals surface area (Å²) in [5.41, 5.74) is 0.532. The van der Waals surface area contributed by atoms with E-state index in [9.17, 15) is 9.59 Å². The molecule has 0 atom stereocenters. The van der Waals surface area contributed by atoms with Crippen LogP contribution in [0, 0.1) is 0 Å². The number of thioether (sulfide) groups is 1. The molecule has 31 heavy (non-hydrogen) atoms. The van der Waals surface area contributed by atoms with Crippen LogP contribution in [0.25, 0.3) is 11.2 Å². The van der Waals surface area contributed by atoms with Crippen molar-refractivity contribution in [3.63, 3.8) is 0 Å². The Hall–Kier alpha value is -3.37. The minimum absolute atomic E-state index is 0.0139. The van der Waals surface area contributed by atoms with E-state index in [2.05, 4.69) is 20.3 Å². The first kappa shape index (κ1) is 20.9. The molecule has 0 fully saturated rings. The number of nitrogens with zero attached hydrogens (tertiary/aromatic N) is 4. The summed E-state index contributed by atoms with van der Waals surface area (Å²) in [6.45, 7) is 0.156. The number of methoxy groups -OCH3 is 1. The lowest BCUT2D eigenvalue weighted by molar-refractivity contribution is -0.113. The predicted octanol–water partition coefficient (Wildman–Crippen LogP) is 3.22. The summed E-state index contributed by atoms with van der Waals surface area (Å²) in [5.74, 6) is 0.813. The molecule has 0 aliphatic rings. The highest BCUT2D eigenvalue weighted by Gasteiger charge is 2.16. The van der Waals surface area contributed by atoms with Crippen molar-refractivity contribution in [1.82, 2.24) is 19.5 Å². The molecule has 0 bridgehead atoms. The van der Waals surface area contributed by atoms with Crippen molar-refractivity contribution >= 4 is 46.1 Å². The third kappa shape index (κ3) is 4.70. The lowest BCUT2D eigenvalue weighted by Crippen LogP contribution is -2.25. The molecule has 1 amide bonds. The first-order valence-electron chi connectivity index (χ1n) is 9.05. The fraction of sp³-hybridized carbons (Fsp3) is 0.150. The Morgan fingerprint density at radius 3 is 2.87 bits per heavy atom. The number of carbonyl (C=O) groups is 1. The second kappa shape index (κ2) is 9.19. The third-order valence-corrected chi connectivity index (χ3v) is 5.49. The molecule has 0 aliphatic heterocycles. The summed E-state index contributed by atoms with van der Waals surface area (Å²) in [4.78, 5) is 38.0. The minimum Gasteiger partial charge on any atom is -0.495 e. The molecule has 3 aromatic heterocycles. The van der Waals surface area contributed by atoms with Gasteiger partial charge in [0.25, 0.3) is 5.56 Å². The average Bonchev–Trinajstić information content (AvgIpc) is 3.28. The summed E-state index contributed by atoms with van der Waals surface area (Å²) < 4.78 is 11.9. The van der Waals surface area contributed by atoms with E-state index in [0.29, 0.717) is 27.4 Å². The number of amides is 1. The highest BCUT2D eigenvalue weighted by molar-refractivity contribution is 7.99. The first-order chi connectivity index (χ1) is 15.0. The van der Waals surface area contributed by atoms with E-state index in [0.717, 1.165) is 11.8 Å². The maximum Gasteiger partial charge on any atom is 0.282 e. The Kier molecular flexibility index (Phi) is 6.19. The Labute approximate surface area is 185 Å². The molecule has 9 nitrogen and oxygen atoms in total. The molecule has 0 spiro atoms. The Morgan fingerprint density at radius 1 is 1.29 bits per heavy atom. The normalized spacial score (nSPS) is 10.9. The van der Waals surface area contributed by atoms with Crippen molar-refractivity contribution < 1.29 is 13.9 Å². The number of halogens is 1. The second-order valence-electron chi connectivity index (χ2n) is 6.28. The van der Waals surface area contributed by atoms with Gasteiger partial charge in [-0.05, 0) is 30.3 Å². The highest BCUT2D eigenvalue weighted by Crippen LogP contribution is 2.27. The summed E-state index contributed by atoms with van der Waals surface area (Å²) >= 11 is 7.21. The predicted molar refractivity (Wildman–Crippen MR) is 117 cm³/mol. The van der Waals surface area contributed by atoms with Crippen molar-refractivity contribution in [2.75, 3.05) is 18.2 Å². The second-order valence-corrected chi connectivity index (χ2v) is 7.63. The molecule has 1 N–H and O–H groups in total. The van der Waals surface area contributed by atoms with Crippen molar-refractivity contribution in [3.05, 3.63) is 70.1 Å². The number of rotatable bonds is 7. The largest absolute Gasteiger partial charge is 0.495 e. The minimum atomic E-state index is -0.362. The van der Waals surface area contributed by atoms with Crippen molar-refractivity contribution in [2.24, 2.45) is 0 Å². The monoisotopic (exact) mass is 457 g/mol. The summed E-state index contributed by atoms with van der Waals surface area (Å²) in [6, 6.07) is 8.43. The van der Waals surface area contributed by atoms with Crippen LogP contribution in [0.5, 0.6) is 5.75 Å². The van der Waals surface area contributed by atoms with Crippen LogP contribution in [-0.2, 0) is 11.3 Å². The molecular formula is C20H16ClN5O4S. The van der Waals surface area contributed by atoms with Gasteiger partial charge in [-0.2, -0.15) is 0 Å². The van der Waals surface area contributed by atoms with Crippen molar-refractivity contribution in [1.29, 1.82) is 0 Å². The Bertz CT molecular complexity index is 1290. The fourth-order valence-corrected chi connectivity index (χ4v) is 3.85. The maximum absolute atomic E-state index is 12.9. The topological polar surface area (TPSA) is 112 Å². The van der Waals surface area contributed by atoms with Gasteiger partial charge in [-0.15, -0.1) is 0 Å². The van der Waals surface area contributed by atoms with Gasteiger partial charge in [0, 0.05) is 18.1 Å². The summed E-state index contributed by atoms with van der Waals surface area (Å²) in [5, 5.41) is 3.47. The molecule has 3 heterocycles. The van der Waals surface area contributed by atoms with Crippen LogP contribution in [0.3, 0.4) is 0 Å². The molecule has 1 aromatic carbocycles. The molecule has 0 radical (unpaired) electrons. The number of fused-ring (bicyclic) bond motifs is 1. The molecule has 0 saturated carbocycles. The molecular weight excluding hydrogens is 442 g/mol. The summed E-state index contributed by atoms with van der Waals surface area (Å²) in [7, 11) is 1.51. The van der Waals surface area contributed by atoms with Gasteiger partial charge in [-0.1, -0.05) is 23.4 Å². The van der Waals surface area contributed by atoms with E-state index >= 15 is 0 Å². The van der Waals surface area contributed by atoms with Gasteiger partial charge >= 0.3 is 0 Å². The number of aromatic nitrogens is 4. The van der Waals surface area contributed by atoms with Crippen LogP contribution in [0.15, 0.2) is 63.4 Å². The van der Waals surface area contributed by atoms with Crippen LogP contribution < -0.4 is 15.6 Å². The van der Waals surface area contributed by atoms with Gasteiger partial charge in [-0.25, -0.2) is 15.0 Å². The zero-order chi connectivity index (χ0) is 21.8. The molecule has 0 saturated heterocycles. The molecule has 0 aliphatic carbocycles. The number of anilines is 1. The molecule has 0 unspecified atom stereocenters. The van der Waals surface area contributed by atoms with E-state index in [1.165, 1.54) is 30.3 Å². The third-order valence-electron chi connectivity index (χ3n) is 4.22. The van der Waals surface area contributed by atoms with Gasteiger partial charge < -0.3 is 14.5 Å². The lowest BCUT2D eigenvalue weighted by Gasteiger charge is -2.12. The van der Waals surface area contributed by atoms with Gasteiger partial charge in [0.15, 0.2) is 16.3 Å². The van der Waals surface area contributed by atoms with E-state index < -0.39 is 0 Å². The number of benzene rings is 1. The quantitative estimate of drug-likeness (QED) is 0.332. The number of carbonyl (C=O) groups excluding carboxylic acids is 1. The zero-order valence-corrected chi connectivity index (χ0v) is 17.8. The van der Waals surface area contributed by atoms with Gasteiger partial charge in [-0.3, -0.25) is 14.2 Å². The molecule has 4 aromatic rings. The van der Waals surface area contributed by atoms with Crippen LogP contribution in [0.2, 0.25) is 5.02 Å². The Balaban J connectivity index is 1.56. The van der Waals surface area contributed by atoms with Gasteiger partial charge in [0.2, 0.25) is 5.91 Å². The highest BCUT2D eigenvalue weighted by atomic mass is 35.5. The number of furan rings is 1. The van der Waals surface area contributed by atoms with Crippen LogP contribution in [-0.4, -0.2) is 38.3 Å². The summed E-state index contributed by atoms with van der Waals surface area (Å²) in [6.07, 6.45) is 4.41. The zero-order valence-electron chi connectivity index (χ0n) is 16.2.